The molecule has 31 heavy (non-hydrogen) atoms. The Morgan fingerprint density at radius 1 is 0.742 bits per heavy atom. The summed E-state index contributed by atoms with van der Waals surface area (Å²) >= 11 is 0. The first-order valence-electron chi connectivity index (χ1n) is 9.93. The second-order valence-electron chi connectivity index (χ2n) is 6.63. The highest BCUT2D eigenvalue weighted by atomic mass is 16.6. The van der Waals surface area contributed by atoms with E-state index in [1.807, 2.05) is 24.3 Å². The maximum atomic E-state index is 12.1. The third kappa shape index (κ3) is 6.56. The number of carbonyl (C=O) groups excluding carboxylic acids is 2. The van der Waals surface area contributed by atoms with Gasteiger partial charge in [-0.25, -0.2) is 4.63 Å². The number of nitrogens with zero attached hydrogens (tertiary/aromatic N) is 2. The highest BCUT2D eigenvalue weighted by Crippen LogP contribution is 2.17. The molecule has 0 bridgehead atoms. The van der Waals surface area contributed by atoms with Gasteiger partial charge in [0, 0.05) is 0 Å². The summed E-state index contributed by atoms with van der Waals surface area (Å²) in [4.78, 5) is 24.2. The van der Waals surface area contributed by atoms with E-state index in [9.17, 15) is 9.59 Å². The van der Waals surface area contributed by atoms with Crippen LogP contribution in [0.5, 0.6) is 11.5 Å². The van der Waals surface area contributed by atoms with Crippen molar-refractivity contribution in [1.29, 1.82) is 0 Å². The summed E-state index contributed by atoms with van der Waals surface area (Å²) in [6, 6.07) is 14.9. The van der Waals surface area contributed by atoms with Gasteiger partial charge in [-0.05, 0) is 58.5 Å². The van der Waals surface area contributed by atoms with Gasteiger partial charge < -0.3 is 20.1 Å². The van der Waals surface area contributed by atoms with E-state index in [2.05, 4.69) is 39.4 Å². The van der Waals surface area contributed by atoms with Crippen LogP contribution in [0.2, 0.25) is 0 Å². The molecule has 9 heteroatoms. The standard InChI is InChI=1S/C22H24N4O5/c1-3-15-5-9-17(10-6-15)29-13-19(27)23-21-22(26-31-25-21)24-20(28)14-30-18-11-7-16(4-2)8-12-18/h5-12H,3-4,13-14H2,1-2H3,(H,23,25,27)(H,24,26,28). The van der Waals surface area contributed by atoms with Crippen molar-refractivity contribution in [3.05, 3.63) is 59.7 Å². The molecular weight excluding hydrogens is 400 g/mol. The Labute approximate surface area is 179 Å². The second kappa shape index (κ2) is 10.8. The van der Waals surface area contributed by atoms with Gasteiger partial charge in [0.05, 0.1) is 0 Å². The molecule has 0 saturated carbocycles. The number of nitrogens with one attached hydrogen (secondary N) is 2. The number of benzene rings is 2. The van der Waals surface area contributed by atoms with Crippen LogP contribution in [0, 0.1) is 0 Å². The van der Waals surface area contributed by atoms with E-state index < -0.39 is 11.8 Å². The first-order valence-corrected chi connectivity index (χ1v) is 9.93. The second-order valence-corrected chi connectivity index (χ2v) is 6.63. The van der Waals surface area contributed by atoms with E-state index in [4.69, 9.17) is 9.47 Å². The molecule has 162 valence electrons. The van der Waals surface area contributed by atoms with Crippen LogP contribution >= 0.6 is 0 Å². The Bertz CT molecular complexity index is 920. The van der Waals surface area contributed by atoms with Crippen LogP contribution in [-0.2, 0) is 22.4 Å². The maximum Gasteiger partial charge on any atom is 0.263 e. The van der Waals surface area contributed by atoms with Crippen molar-refractivity contribution in [2.24, 2.45) is 0 Å². The van der Waals surface area contributed by atoms with Gasteiger partial charge in [-0.15, -0.1) is 0 Å². The summed E-state index contributed by atoms with van der Waals surface area (Å²) in [5, 5.41) is 12.2. The van der Waals surface area contributed by atoms with Crippen LogP contribution in [-0.4, -0.2) is 35.3 Å². The van der Waals surface area contributed by atoms with Gasteiger partial charge in [-0.3, -0.25) is 9.59 Å². The molecule has 0 unspecified atom stereocenters. The molecule has 2 N–H and O–H groups in total. The average molecular weight is 424 g/mol. The van der Waals surface area contributed by atoms with E-state index in [0.717, 1.165) is 12.8 Å². The number of hydrogen-bond donors (Lipinski definition) is 2. The van der Waals surface area contributed by atoms with Crippen molar-refractivity contribution < 1.29 is 23.7 Å². The number of hydrogen-bond acceptors (Lipinski definition) is 7. The number of amides is 2. The van der Waals surface area contributed by atoms with Crippen molar-refractivity contribution in [2.75, 3.05) is 23.8 Å². The molecule has 0 atom stereocenters. The first-order chi connectivity index (χ1) is 15.1. The van der Waals surface area contributed by atoms with Crippen molar-refractivity contribution in [3.63, 3.8) is 0 Å². The third-order valence-electron chi connectivity index (χ3n) is 4.41. The van der Waals surface area contributed by atoms with E-state index >= 15 is 0 Å². The lowest BCUT2D eigenvalue weighted by Gasteiger charge is -2.08. The molecule has 1 heterocycles. The lowest BCUT2D eigenvalue weighted by molar-refractivity contribution is -0.119. The van der Waals surface area contributed by atoms with Gasteiger partial charge in [-0.1, -0.05) is 38.1 Å². The van der Waals surface area contributed by atoms with E-state index in [-0.39, 0.29) is 24.8 Å². The Balaban J connectivity index is 1.46. The lowest BCUT2D eigenvalue weighted by atomic mass is 10.2. The summed E-state index contributed by atoms with van der Waals surface area (Å²) in [6.07, 6.45) is 1.84. The molecule has 0 radical (unpaired) electrons. The Morgan fingerprint density at radius 3 is 1.48 bits per heavy atom. The predicted octanol–water partition coefficient (Wildman–Crippen LogP) is 3.23. The first kappa shape index (κ1) is 21.8. The fourth-order valence-electron chi connectivity index (χ4n) is 2.63. The summed E-state index contributed by atoms with van der Waals surface area (Å²) in [7, 11) is 0. The third-order valence-corrected chi connectivity index (χ3v) is 4.41. The minimum atomic E-state index is -0.474. The Morgan fingerprint density at radius 2 is 1.13 bits per heavy atom. The molecule has 2 aromatic carbocycles. The topological polar surface area (TPSA) is 116 Å². The Kier molecular flexibility index (Phi) is 7.58. The average Bonchev–Trinajstić information content (AvgIpc) is 3.23. The SMILES string of the molecule is CCc1ccc(OCC(=O)Nc2nonc2NC(=O)COc2ccc(CC)cc2)cc1. The van der Waals surface area contributed by atoms with Crippen molar-refractivity contribution in [2.45, 2.75) is 26.7 Å². The zero-order valence-corrected chi connectivity index (χ0v) is 17.4. The minimum Gasteiger partial charge on any atom is -0.484 e. The predicted molar refractivity (Wildman–Crippen MR) is 114 cm³/mol. The molecule has 0 fully saturated rings. The maximum absolute atomic E-state index is 12.1. The molecule has 0 aliphatic heterocycles. The number of ether oxygens (including phenoxy) is 2. The van der Waals surface area contributed by atoms with E-state index in [0.29, 0.717) is 11.5 Å². The van der Waals surface area contributed by atoms with E-state index in [1.54, 1.807) is 24.3 Å². The number of aromatic nitrogens is 2. The van der Waals surface area contributed by atoms with Gasteiger partial charge in [0.25, 0.3) is 11.8 Å². The zero-order chi connectivity index (χ0) is 22.1. The summed E-state index contributed by atoms with van der Waals surface area (Å²) in [6.45, 7) is 3.65. The fourth-order valence-corrected chi connectivity index (χ4v) is 2.63. The molecule has 0 spiro atoms. The summed E-state index contributed by atoms with van der Waals surface area (Å²) in [5.41, 5.74) is 2.35. The van der Waals surface area contributed by atoms with Crippen molar-refractivity contribution in [3.8, 4) is 11.5 Å². The molecule has 1 aromatic heterocycles. The molecule has 0 aliphatic carbocycles. The van der Waals surface area contributed by atoms with Crippen LogP contribution in [0.25, 0.3) is 0 Å². The summed E-state index contributed by atoms with van der Waals surface area (Å²) in [5.74, 6) is 0.161. The molecule has 0 saturated heterocycles. The monoisotopic (exact) mass is 424 g/mol. The quantitative estimate of drug-likeness (QED) is 0.513. The molecule has 9 nitrogen and oxygen atoms in total. The largest absolute Gasteiger partial charge is 0.484 e. The number of anilines is 2. The molecule has 3 rings (SSSR count). The number of carbonyl (C=O) groups is 2. The Hall–Kier alpha value is -3.88. The van der Waals surface area contributed by atoms with Crippen LogP contribution in [0.15, 0.2) is 53.2 Å². The van der Waals surface area contributed by atoms with Crippen molar-refractivity contribution >= 4 is 23.5 Å². The highest BCUT2D eigenvalue weighted by molar-refractivity contribution is 5.98. The fraction of sp³-hybridized carbons (Fsp3) is 0.273. The molecule has 2 amide bonds. The van der Waals surface area contributed by atoms with Gasteiger partial charge in [0.1, 0.15) is 11.5 Å². The number of aryl methyl sites for hydroxylation is 2. The van der Waals surface area contributed by atoms with Gasteiger partial charge in [0.2, 0.25) is 11.6 Å². The molecule has 0 aliphatic rings. The molecule has 3 aromatic rings. The zero-order valence-electron chi connectivity index (χ0n) is 17.4. The van der Waals surface area contributed by atoms with Gasteiger partial charge in [-0.2, -0.15) is 0 Å². The normalized spacial score (nSPS) is 10.4. The van der Waals surface area contributed by atoms with Crippen LogP contribution < -0.4 is 20.1 Å². The minimum absolute atomic E-state index is 0.0180. The van der Waals surface area contributed by atoms with Crippen molar-refractivity contribution in [1.82, 2.24) is 10.3 Å². The van der Waals surface area contributed by atoms with Crippen LogP contribution in [0.4, 0.5) is 11.6 Å². The van der Waals surface area contributed by atoms with Gasteiger partial charge in [0.15, 0.2) is 13.2 Å². The summed E-state index contributed by atoms with van der Waals surface area (Å²) < 4.78 is 15.5. The lowest BCUT2D eigenvalue weighted by Crippen LogP contribution is -2.23. The number of rotatable bonds is 10. The van der Waals surface area contributed by atoms with Gasteiger partial charge >= 0.3 is 0 Å². The van der Waals surface area contributed by atoms with Crippen LogP contribution in [0.1, 0.15) is 25.0 Å². The smallest absolute Gasteiger partial charge is 0.263 e. The highest BCUT2D eigenvalue weighted by Gasteiger charge is 2.16. The van der Waals surface area contributed by atoms with Crippen LogP contribution in [0.3, 0.4) is 0 Å². The van der Waals surface area contributed by atoms with E-state index in [1.165, 1.54) is 11.1 Å². The molecular formula is C22H24N4O5.